The molecule has 0 bridgehead atoms. The molecule has 0 saturated carbocycles. The van der Waals surface area contributed by atoms with E-state index in [4.69, 9.17) is 0 Å². The van der Waals surface area contributed by atoms with Gasteiger partial charge < -0.3 is 0 Å². The Morgan fingerprint density at radius 3 is 2.60 bits per heavy atom. The maximum atomic E-state index is 10.7. The molecule has 58 valence electrons. The van der Waals surface area contributed by atoms with Crippen LogP contribution in [0.3, 0.4) is 0 Å². The number of amides is 1. The molecule has 0 unspecified atom stereocenters. The Labute approximate surface area is 61.0 Å². The van der Waals surface area contributed by atoms with E-state index in [1.165, 1.54) is 7.11 Å². The second-order valence-corrected chi connectivity index (χ2v) is 2.19. The van der Waals surface area contributed by atoms with E-state index in [0.717, 1.165) is 12.0 Å². The minimum absolute atomic E-state index is 0.106. The van der Waals surface area contributed by atoms with Crippen molar-refractivity contribution in [3.05, 3.63) is 12.2 Å². The molecule has 0 heterocycles. The Morgan fingerprint density at radius 2 is 2.20 bits per heavy atom. The van der Waals surface area contributed by atoms with Gasteiger partial charge in [-0.2, -0.15) is 0 Å². The van der Waals surface area contributed by atoms with Gasteiger partial charge in [0.25, 0.3) is 0 Å². The molecule has 0 saturated heterocycles. The molecule has 3 nitrogen and oxygen atoms in total. The summed E-state index contributed by atoms with van der Waals surface area (Å²) in [7, 11) is 1.42. The fraction of sp³-hybridized carbons (Fsp3) is 0.571. The van der Waals surface area contributed by atoms with Crippen molar-refractivity contribution in [2.24, 2.45) is 0 Å². The molecule has 3 heteroatoms. The Morgan fingerprint density at radius 1 is 1.60 bits per heavy atom. The third kappa shape index (κ3) is 5.31. The Hall–Kier alpha value is -0.830. The molecule has 1 amide bonds. The third-order valence-corrected chi connectivity index (χ3v) is 0.995. The lowest BCUT2D eigenvalue weighted by Crippen LogP contribution is -2.21. The second kappa shape index (κ2) is 4.99. The molecule has 0 spiro atoms. The second-order valence-electron chi connectivity index (χ2n) is 2.19. The summed E-state index contributed by atoms with van der Waals surface area (Å²) in [5.41, 5.74) is 3.23. The zero-order chi connectivity index (χ0) is 7.98. The highest BCUT2D eigenvalue weighted by molar-refractivity contribution is 5.74. The van der Waals surface area contributed by atoms with Gasteiger partial charge in [0.05, 0.1) is 7.11 Å². The van der Waals surface area contributed by atoms with Crippen molar-refractivity contribution in [1.29, 1.82) is 0 Å². The average Bonchev–Trinajstić information content (AvgIpc) is 1.85. The summed E-state index contributed by atoms with van der Waals surface area (Å²) >= 11 is 0. The first kappa shape index (κ1) is 9.17. The monoisotopic (exact) mass is 143 g/mol. The average molecular weight is 143 g/mol. The molecule has 10 heavy (non-hydrogen) atoms. The van der Waals surface area contributed by atoms with Gasteiger partial charge in [0, 0.05) is 6.42 Å². The zero-order valence-corrected chi connectivity index (χ0v) is 6.44. The maximum absolute atomic E-state index is 10.7. The fourth-order valence-corrected chi connectivity index (χ4v) is 0.492. The van der Waals surface area contributed by atoms with E-state index in [-0.39, 0.29) is 5.91 Å². The van der Waals surface area contributed by atoms with Crippen LogP contribution in [0.1, 0.15) is 19.8 Å². The molecule has 0 aromatic rings. The van der Waals surface area contributed by atoms with Crippen LogP contribution in [0, 0.1) is 0 Å². The van der Waals surface area contributed by atoms with Crippen LogP contribution in [0.25, 0.3) is 0 Å². The number of rotatable bonds is 4. The number of hydroxylamine groups is 1. The van der Waals surface area contributed by atoms with Gasteiger partial charge in [-0.05, 0) is 13.3 Å². The first-order valence-electron chi connectivity index (χ1n) is 3.13. The normalized spacial score (nSPS) is 9.00. The van der Waals surface area contributed by atoms with E-state index in [1.54, 1.807) is 0 Å². The largest absolute Gasteiger partial charge is 0.277 e. The minimum atomic E-state index is -0.106. The lowest BCUT2D eigenvalue weighted by Gasteiger charge is -2.00. The van der Waals surface area contributed by atoms with Crippen molar-refractivity contribution in [3.63, 3.8) is 0 Å². The molecule has 0 fully saturated rings. The highest BCUT2D eigenvalue weighted by atomic mass is 16.6. The van der Waals surface area contributed by atoms with Gasteiger partial charge in [-0.1, -0.05) is 5.57 Å². The number of allylic oxidation sites excluding steroid dienone is 1. The predicted molar refractivity (Wildman–Crippen MR) is 39.2 cm³/mol. The zero-order valence-electron chi connectivity index (χ0n) is 6.44. The van der Waals surface area contributed by atoms with Crippen molar-refractivity contribution in [2.45, 2.75) is 19.8 Å². The molecular weight excluding hydrogens is 130 g/mol. The van der Waals surface area contributed by atoms with E-state index in [1.807, 2.05) is 6.92 Å². The quantitative estimate of drug-likeness (QED) is 0.471. The predicted octanol–water partition coefficient (Wildman–Crippen LogP) is 1.02. The number of hydrogen-bond donors (Lipinski definition) is 1. The molecule has 0 aliphatic rings. The minimum Gasteiger partial charge on any atom is -0.277 e. The van der Waals surface area contributed by atoms with Crippen LogP contribution in [0.4, 0.5) is 0 Å². The van der Waals surface area contributed by atoms with Crippen LogP contribution in [-0.2, 0) is 9.63 Å². The summed E-state index contributed by atoms with van der Waals surface area (Å²) in [6.07, 6.45) is 1.17. The van der Waals surface area contributed by atoms with Crippen LogP contribution in [0.5, 0.6) is 0 Å². The summed E-state index contributed by atoms with van der Waals surface area (Å²) in [5, 5.41) is 0. The summed E-state index contributed by atoms with van der Waals surface area (Å²) in [4.78, 5) is 15.1. The van der Waals surface area contributed by atoms with Gasteiger partial charge in [-0.3, -0.25) is 9.63 Å². The summed E-state index contributed by atoms with van der Waals surface area (Å²) in [6.45, 7) is 5.56. The van der Waals surface area contributed by atoms with E-state index in [2.05, 4.69) is 16.9 Å². The van der Waals surface area contributed by atoms with Gasteiger partial charge in [0.2, 0.25) is 5.91 Å². The van der Waals surface area contributed by atoms with Gasteiger partial charge in [-0.15, -0.1) is 6.58 Å². The summed E-state index contributed by atoms with van der Waals surface area (Å²) in [6, 6.07) is 0. The van der Waals surface area contributed by atoms with Crippen LogP contribution < -0.4 is 5.48 Å². The Bertz CT molecular complexity index is 132. The van der Waals surface area contributed by atoms with Gasteiger partial charge in [0.1, 0.15) is 0 Å². The topological polar surface area (TPSA) is 38.3 Å². The van der Waals surface area contributed by atoms with E-state index in [0.29, 0.717) is 6.42 Å². The maximum Gasteiger partial charge on any atom is 0.243 e. The Kier molecular flexibility index (Phi) is 4.58. The first-order chi connectivity index (χ1) is 4.66. The van der Waals surface area contributed by atoms with Crippen molar-refractivity contribution in [3.8, 4) is 0 Å². The summed E-state index contributed by atoms with van der Waals surface area (Å²) < 4.78 is 0. The molecule has 0 aromatic carbocycles. The molecule has 0 aliphatic heterocycles. The van der Waals surface area contributed by atoms with E-state index in [9.17, 15) is 4.79 Å². The van der Waals surface area contributed by atoms with Gasteiger partial charge >= 0.3 is 0 Å². The van der Waals surface area contributed by atoms with E-state index >= 15 is 0 Å². The smallest absolute Gasteiger partial charge is 0.243 e. The van der Waals surface area contributed by atoms with Crippen molar-refractivity contribution in [2.75, 3.05) is 7.11 Å². The highest BCUT2D eigenvalue weighted by Crippen LogP contribution is 1.98. The van der Waals surface area contributed by atoms with Crippen LogP contribution in [0.15, 0.2) is 12.2 Å². The molecule has 1 N–H and O–H groups in total. The number of carbonyl (C=O) groups excluding carboxylic acids is 1. The van der Waals surface area contributed by atoms with Crippen LogP contribution >= 0.6 is 0 Å². The highest BCUT2D eigenvalue weighted by Gasteiger charge is 1.97. The third-order valence-electron chi connectivity index (χ3n) is 0.995. The van der Waals surface area contributed by atoms with Crippen molar-refractivity contribution >= 4 is 5.91 Å². The number of nitrogens with one attached hydrogen (secondary N) is 1. The van der Waals surface area contributed by atoms with E-state index < -0.39 is 0 Å². The number of carbonyl (C=O) groups is 1. The molecule has 0 atom stereocenters. The lowest BCUT2D eigenvalue weighted by atomic mass is 10.2. The summed E-state index contributed by atoms with van der Waals surface area (Å²) in [5.74, 6) is -0.106. The molecule has 0 aromatic heterocycles. The molecule has 0 rings (SSSR count). The van der Waals surface area contributed by atoms with Crippen LogP contribution in [0.2, 0.25) is 0 Å². The molecule has 0 aliphatic carbocycles. The van der Waals surface area contributed by atoms with Crippen LogP contribution in [-0.4, -0.2) is 13.0 Å². The fourth-order valence-electron chi connectivity index (χ4n) is 0.492. The van der Waals surface area contributed by atoms with Gasteiger partial charge in [0.15, 0.2) is 0 Å². The SMILES string of the molecule is C=C(C)CCC(=O)NOC. The standard InChI is InChI=1S/C7H13NO2/c1-6(2)4-5-7(9)8-10-3/h1,4-5H2,2-3H3,(H,8,9). The van der Waals surface area contributed by atoms with Crippen molar-refractivity contribution in [1.82, 2.24) is 5.48 Å². The first-order valence-corrected chi connectivity index (χ1v) is 3.13. The lowest BCUT2D eigenvalue weighted by molar-refractivity contribution is -0.131. The molecule has 0 radical (unpaired) electrons. The van der Waals surface area contributed by atoms with Crippen molar-refractivity contribution < 1.29 is 9.63 Å². The Balaban J connectivity index is 3.30. The molecular formula is C7H13NO2. The number of hydrogen-bond acceptors (Lipinski definition) is 2. The van der Waals surface area contributed by atoms with Gasteiger partial charge in [-0.25, -0.2) is 5.48 Å².